The van der Waals surface area contributed by atoms with Gasteiger partial charge in [0.05, 0.1) is 0 Å². The Morgan fingerprint density at radius 2 is 1.80 bits per heavy atom. The normalized spacial score (nSPS) is 14.9. The highest BCUT2D eigenvalue weighted by Gasteiger charge is 2.28. The van der Waals surface area contributed by atoms with E-state index in [1.54, 1.807) is 0 Å². The summed E-state index contributed by atoms with van der Waals surface area (Å²) in [4.78, 5) is 12.0. The molecule has 2 aromatic rings. The van der Waals surface area contributed by atoms with Gasteiger partial charge in [-0.05, 0) is 5.56 Å². The molecule has 0 N–H and O–H groups in total. The molecule has 0 saturated carbocycles. The number of pyridine rings is 1. The quantitative estimate of drug-likeness (QED) is 0.772. The van der Waals surface area contributed by atoms with Crippen LogP contribution in [0.3, 0.4) is 0 Å². The summed E-state index contributed by atoms with van der Waals surface area (Å²) in [5.41, 5.74) is 2.45. The van der Waals surface area contributed by atoms with Crippen molar-refractivity contribution >= 4 is 6.09 Å². The van der Waals surface area contributed by atoms with Gasteiger partial charge in [-0.25, -0.2) is 4.57 Å². The Balaban J connectivity index is 1.62. The molecule has 1 amide bonds. The third-order valence-corrected chi connectivity index (χ3v) is 3.74. The van der Waals surface area contributed by atoms with Crippen molar-refractivity contribution in [2.75, 3.05) is 13.1 Å². The average Bonchev–Trinajstić information content (AvgIpc) is 2.40. The van der Waals surface area contributed by atoms with Gasteiger partial charge in [0, 0.05) is 36.7 Å². The highest BCUT2D eigenvalue weighted by molar-refractivity contribution is 5.64. The van der Waals surface area contributed by atoms with Crippen LogP contribution in [0.2, 0.25) is 0 Å². The average molecular weight is 268 g/mol. The number of carbonyl (C=O) groups excluding carboxylic acids is 1. The highest BCUT2D eigenvalue weighted by Crippen LogP contribution is 2.25. The first kappa shape index (κ1) is 12.7. The summed E-state index contributed by atoms with van der Waals surface area (Å²) in [5.74, 6) is 0.305. The molecule has 0 spiro atoms. The molecule has 2 heterocycles. The zero-order chi connectivity index (χ0) is 13.9. The third-order valence-electron chi connectivity index (χ3n) is 3.74. The van der Waals surface area contributed by atoms with Gasteiger partial charge in [0.25, 0.3) is 0 Å². The lowest BCUT2D eigenvalue weighted by molar-refractivity contribution is -0.688. The first-order chi connectivity index (χ1) is 9.72. The lowest BCUT2D eigenvalue weighted by Gasteiger charge is -2.41. The molecule has 0 radical (unpaired) electrons. The molecule has 1 aliphatic rings. The number of aromatic nitrogens is 1. The van der Waals surface area contributed by atoms with Gasteiger partial charge in [0.1, 0.15) is 6.09 Å². The number of hydrogen-bond donors (Lipinski definition) is 0. The first-order valence-corrected chi connectivity index (χ1v) is 6.71. The highest BCUT2D eigenvalue weighted by atomic mass is 16.4. The molecular formula is C16H16N2O2. The maximum Gasteiger partial charge on any atom is 0.173 e. The molecule has 0 atom stereocenters. The van der Waals surface area contributed by atoms with Crippen LogP contribution in [0, 0.1) is 0 Å². The van der Waals surface area contributed by atoms with E-state index in [9.17, 15) is 9.90 Å². The van der Waals surface area contributed by atoms with E-state index in [-0.39, 0.29) is 0 Å². The maximum absolute atomic E-state index is 10.6. The standard InChI is InChI=1S/C16H16N2O2/c19-16(20)18-11-15(12-18)14-6-8-17(9-7-14)10-13-4-2-1-3-5-13/h1-9,15H,10-12H2. The van der Waals surface area contributed by atoms with E-state index in [2.05, 4.69) is 28.8 Å². The van der Waals surface area contributed by atoms with Crippen molar-refractivity contribution < 1.29 is 14.5 Å². The molecule has 1 aromatic carbocycles. The summed E-state index contributed by atoms with van der Waals surface area (Å²) in [6.45, 7) is 1.94. The van der Waals surface area contributed by atoms with E-state index in [0.717, 1.165) is 6.54 Å². The maximum atomic E-state index is 10.6. The molecule has 1 aliphatic heterocycles. The Morgan fingerprint density at radius 1 is 1.15 bits per heavy atom. The van der Waals surface area contributed by atoms with Gasteiger partial charge in [-0.3, -0.25) is 0 Å². The summed E-state index contributed by atoms with van der Waals surface area (Å²) in [7, 11) is 0. The monoisotopic (exact) mass is 268 g/mol. The number of nitrogens with zero attached hydrogens (tertiary/aromatic N) is 2. The second-order valence-electron chi connectivity index (χ2n) is 5.16. The number of likely N-dealkylation sites (tertiary alicyclic amines) is 1. The van der Waals surface area contributed by atoms with Gasteiger partial charge in [-0.15, -0.1) is 0 Å². The molecule has 0 aliphatic carbocycles. The van der Waals surface area contributed by atoms with E-state index in [1.165, 1.54) is 16.0 Å². The summed E-state index contributed by atoms with van der Waals surface area (Å²) in [6.07, 6.45) is 3.02. The van der Waals surface area contributed by atoms with Crippen molar-refractivity contribution in [3.63, 3.8) is 0 Å². The van der Waals surface area contributed by atoms with E-state index in [1.807, 2.05) is 30.6 Å². The first-order valence-electron chi connectivity index (χ1n) is 6.71. The van der Waals surface area contributed by atoms with E-state index in [4.69, 9.17) is 0 Å². The van der Waals surface area contributed by atoms with Gasteiger partial charge in [0.2, 0.25) is 0 Å². The van der Waals surface area contributed by atoms with Gasteiger partial charge >= 0.3 is 0 Å². The number of rotatable bonds is 3. The second-order valence-corrected chi connectivity index (χ2v) is 5.16. The topological polar surface area (TPSA) is 47.2 Å². The van der Waals surface area contributed by atoms with Crippen LogP contribution >= 0.6 is 0 Å². The van der Waals surface area contributed by atoms with Crippen LogP contribution in [0.1, 0.15) is 17.0 Å². The third kappa shape index (κ3) is 2.64. The van der Waals surface area contributed by atoms with E-state index >= 15 is 0 Å². The van der Waals surface area contributed by atoms with Crippen molar-refractivity contribution in [1.29, 1.82) is 0 Å². The Bertz CT molecular complexity index is 590. The molecule has 1 fully saturated rings. The summed E-state index contributed by atoms with van der Waals surface area (Å²) < 4.78 is 2.12. The Labute approximate surface area is 117 Å². The van der Waals surface area contributed by atoms with Gasteiger partial charge < -0.3 is 14.8 Å². The van der Waals surface area contributed by atoms with Crippen LogP contribution in [0.15, 0.2) is 54.9 Å². The van der Waals surface area contributed by atoms with Crippen molar-refractivity contribution in [2.24, 2.45) is 0 Å². The molecule has 3 rings (SSSR count). The molecular weight excluding hydrogens is 252 g/mol. The van der Waals surface area contributed by atoms with Crippen molar-refractivity contribution in [3.8, 4) is 0 Å². The SMILES string of the molecule is O=C([O-])N1CC(c2cc[n+](Cc3ccccc3)cc2)C1. The number of carboxylic acid groups (broad SMARTS) is 1. The number of hydrogen-bond acceptors (Lipinski definition) is 2. The predicted octanol–water partition coefficient (Wildman–Crippen LogP) is 0.765. The zero-order valence-corrected chi connectivity index (χ0v) is 11.1. The van der Waals surface area contributed by atoms with Crippen molar-refractivity contribution in [2.45, 2.75) is 12.5 Å². The Morgan fingerprint density at radius 3 is 2.40 bits per heavy atom. The minimum atomic E-state index is -1.07. The molecule has 4 heteroatoms. The van der Waals surface area contributed by atoms with Crippen LogP contribution in [0.25, 0.3) is 0 Å². The molecule has 4 nitrogen and oxygen atoms in total. The molecule has 102 valence electrons. The van der Waals surface area contributed by atoms with E-state index < -0.39 is 6.09 Å². The zero-order valence-electron chi connectivity index (χ0n) is 11.1. The molecule has 1 aromatic heterocycles. The summed E-state index contributed by atoms with van der Waals surface area (Å²) >= 11 is 0. The fraction of sp³-hybridized carbons (Fsp3) is 0.250. The van der Waals surface area contributed by atoms with Gasteiger partial charge in [-0.2, -0.15) is 0 Å². The second kappa shape index (κ2) is 5.33. The lowest BCUT2D eigenvalue weighted by atomic mass is 9.93. The van der Waals surface area contributed by atoms with Crippen LogP contribution in [-0.2, 0) is 6.54 Å². The van der Waals surface area contributed by atoms with Crippen LogP contribution < -0.4 is 9.67 Å². The molecule has 20 heavy (non-hydrogen) atoms. The molecule has 0 unspecified atom stereocenters. The fourth-order valence-corrected chi connectivity index (χ4v) is 2.48. The van der Waals surface area contributed by atoms with Gasteiger partial charge in [0.15, 0.2) is 18.9 Å². The molecule has 1 saturated heterocycles. The number of amides is 1. The fourth-order valence-electron chi connectivity index (χ4n) is 2.48. The van der Waals surface area contributed by atoms with Crippen molar-refractivity contribution in [1.82, 2.24) is 4.90 Å². The minimum Gasteiger partial charge on any atom is -0.530 e. The minimum absolute atomic E-state index is 0.305. The van der Waals surface area contributed by atoms with Crippen molar-refractivity contribution in [3.05, 3.63) is 66.0 Å². The van der Waals surface area contributed by atoms with Crippen LogP contribution in [0.5, 0.6) is 0 Å². The lowest BCUT2D eigenvalue weighted by Crippen LogP contribution is -2.53. The van der Waals surface area contributed by atoms with Gasteiger partial charge in [-0.1, -0.05) is 30.3 Å². The number of carbonyl (C=O) groups is 1. The predicted molar refractivity (Wildman–Crippen MR) is 71.9 cm³/mol. The largest absolute Gasteiger partial charge is 0.530 e. The van der Waals surface area contributed by atoms with Crippen LogP contribution in [0.4, 0.5) is 4.79 Å². The summed E-state index contributed by atoms with van der Waals surface area (Å²) in [5, 5.41) is 10.6. The summed E-state index contributed by atoms with van der Waals surface area (Å²) in [6, 6.07) is 14.4. The molecule has 0 bridgehead atoms. The Kier molecular flexibility index (Phi) is 3.37. The smallest absolute Gasteiger partial charge is 0.173 e. The Hall–Kier alpha value is -2.36. The van der Waals surface area contributed by atoms with Crippen LogP contribution in [-0.4, -0.2) is 24.1 Å². The number of benzene rings is 1. The van der Waals surface area contributed by atoms with E-state index in [0.29, 0.717) is 19.0 Å².